The lowest BCUT2D eigenvalue weighted by atomic mass is 10.1. The van der Waals surface area contributed by atoms with Gasteiger partial charge in [0.2, 0.25) is 0 Å². The lowest BCUT2D eigenvalue weighted by Gasteiger charge is -2.05. The molecule has 0 atom stereocenters. The zero-order valence-electron chi connectivity index (χ0n) is 11.9. The quantitative estimate of drug-likeness (QED) is 0.787. The van der Waals surface area contributed by atoms with Gasteiger partial charge in [-0.2, -0.15) is 0 Å². The van der Waals surface area contributed by atoms with Gasteiger partial charge in [-0.1, -0.05) is 30.3 Å². The summed E-state index contributed by atoms with van der Waals surface area (Å²) in [4.78, 5) is 21.4. The highest BCUT2D eigenvalue weighted by Gasteiger charge is 2.07. The molecule has 0 bridgehead atoms. The fourth-order valence-electron chi connectivity index (χ4n) is 2.08. The molecule has 3 aromatic rings. The zero-order chi connectivity index (χ0) is 15.2. The van der Waals surface area contributed by atoms with Gasteiger partial charge in [-0.05, 0) is 24.1 Å². The van der Waals surface area contributed by atoms with E-state index >= 15 is 0 Å². The predicted molar refractivity (Wildman–Crippen MR) is 87.8 cm³/mol. The van der Waals surface area contributed by atoms with E-state index in [0.29, 0.717) is 12.1 Å². The summed E-state index contributed by atoms with van der Waals surface area (Å²) in [5.74, 6) is -0.0979. The van der Waals surface area contributed by atoms with E-state index in [-0.39, 0.29) is 5.91 Å². The van der Waals surface area contributed by atoms with Crippen LogP contribution in [0.15, 0.2) is 60.4 Å². The first-order valence-corrected chi connectivity index (χ1v) is 7.88. The van der Waals surface area contributed by atoms with E-state index in [4.69, 9.17) is 0 Å². The fourth-order valence-corrected chi connectivity index (χ4v) is 2.68. The van der Waals surface area contributed by atoms with Crippen LogP contribution in [-0.2, 0) is 6.42 Å². The number of carbonyl (C=O) groups is 1. The number of pyridine rings is 1. The number of hydrogen-bond acceptors (Lipinski definition) is 4. The Labute approximate surface area is 132 Å². The van der Waals surface area contributed by atoms with Crippen molar-refractivity contribution >= 4 is 17.2 Å². The second-order valence-electron chi connectivity index (χ2n) is 4.79. The van der Waals surface area contributed by atoms with Crippen molar-refractivity contribution in [3.63, 3.8) is 0 Å². The topological polar surface area (TPSA) is 54.9 Å². The van der Waals surface area contributed by atoms with Crippen molar-refractivity contribution in [2.75, 3.05) is 6.54 Å². The van der Waals surface area contributed by atoms with Crippen molar-refractivity contribution in [3.8, 4) is 10.6 Å². The molecule has 3 rings (SSSR count). The molecule has 0 aliphatic rings. The molecule has 2 aromatic heterocycles. The lowest BCUT2D eigenvalue weighted by molar-refractivity contribution is 0.0954. The molecule has 0 unspecified atom stereocenters. The van der Waals surface area contributed by atoms with Gasteiger partial charge in [0.05, 0.1) is 21.6 Å². The monoisotopic (exact) mass is 309 g/mol. The standard InChI is InChI=1S/C17H15N3OS/c21-17(19-9-8-13-4-2-1-3-5-13)14-6-7-15(20-10-14)16-11-18-12-22-16/h1-7,10-12H,8-9H2,(H,19,21). The van der Waals surface area contributed by atoms with Crippen LogP contribution in [0.3, 0.4) is 0 Å². The van der Waals surface area contributed by atoms with E-state index in [1.54, 1.807) is 24.0 Å². The number of nitrogens with one attached hydrogen (secondary N) is 1. The maximum absolute atomic E-state index is 12.1. The number of nitrogens with zero attached hydrogens (tertiary/aromatic N) is 2. The average Bonchev–Trinajstić information content (AvgIpc) is 3.10. The molecule has 0 aliphatic carbocycles. The lowest BCUT2D eigenvalue weighted by Crippen LogP contribution is -2.25. The van der Waals surface area contributed by atoms with Gasteiger partial charge in [0.1, 0.15) is 0 Å². The first-order chi connectivity index (χ1) is 10.8. The molecule has 0 aliphatic heterocycles. The Kier molecular flexibility index (Phi) is 4.56. The molecule has 0 saturated carbocycles. The molecule has 0 fully saturated rings. The Morgan fingerprint density at radius 2 is 1.95 bits per heavy atom. The Morgan fingerprint density at radius 3 is 2.64 bits per heavy atom. The summed E-state index contributed by atoms with van der Waals surface area (Å²) in [5, 5.41) is 2.91. The van der Waals surface area contributed by atoms with Crippen molar-refractivity contribution in [2.45, 2.75) is 6.42 Å². The van der Waals surface area contributed by atoms with E-state index in [1.165, 1.54) is 16.9 Å². The molecule has 2 heterocycles. The van der Waals surface area contributed by atoms with E-state index in [2.05, 4.69) is 27.4 Å². The molecule has 1 aromatic carbocycles. The molecule has 1 amide bonds. The highest BCUT2D eigenvalue weighted by atomic mass is 32.1. The average molecular weight is 309 g/mol. The molecule has 4 nitrogen and oxygen atoms in total. The molecule has 0 radical (unpaired) electrons. The maximum atomic E-state index is 12.1. The van der Waals surface area contributed by atoms with Crippen LogP contribution < -0.4 is 5.32 Å². The third-order valence-electron chi connectivity index (χ3n) is 3.25. The number of rotatable bonds is 5. The predicted octanol–water partition coefficient (Wildman–Crippen LogP) is 3.18. The summed E-state index contributed by atoms with van der Waals surface area (Å²) in [7, 11) is 0. The van der Waals surface area contributed by atoms with E-state index in [0.717, 1.165) is 17.0 Å². The summed E-state index contributed by atoms with van der Waals surface area (Å²) in [5.41, 5.74) is 4.38. The first kappa shape index (κ1) is 14.4. The normalized spacial score (nSPS) is 10.4. The molecule has 1 N–H and O–H groups in total. The summed E-state index contributed by atoms with van der Waals surface area (Å²) in [6, 6.07) is 13.7. The summed E-state index contributed by atoms with van der Waals surface area (Å²) < 4.78 is 0. The maximum Gasteiger partial charge on any atom is 0.252 e. The van der Waals surface area contributed by atoms with Crippen LogP contribution in [-0.4, -0.2) is 22.4 Å². The van der Waals surface area contributed by atoms with Crippen molar-refractivity contribution in [2.24, 2.45) is 0 Å². The minimum atomic E-state index is -0.0979. The van der Waals surface area contributed by atoms with Crippen molar-refractivity contribution in [1.29, 1.82) is 0 Å². The van der Waals surface area contributed by atoms with Crippen molar-refractivity contribution < 1.29 is 4.79 Å². The van der Waals surface area contributed by atoms with Crippen LogP contribution in [0.4, 0.5) is 0 Å². The molecule has 5 heteroatoms. The van der Waals surface area contributed by atoms with Crippen LogP contribution in [0, 0.1) is 0 Å². The van der Waals surface area contributed by atoms with Crippen molar-refractivity contribution in [3.05, 3.63) is 71.5 Å². The van der Waals surface area contributed by atoms with Crippen LogP contribution in [0.2, 0.25) is 0 Å². The van der Waals surface area contributed by atoms with Gasteiger partial charge >= 0.3 is 0 Å². The van der Waals surface area contributed by atoms with Gasteiger partial charge < -0.3 is 5.32 Å². The van der Waals surface area contributed by atoms with Gasteiger partial charge in [0.15, 0.2) is 0 Å². The number of hydrogen-bond donors (Lipinski definition) is 1. The number of thiazole rings is 1. The van der Waals surface area contributed by atoms with Crippen LogP contribution >= 0.6 is 11.3 Å². The minimum Gasteiger partial charge on any atom is -0.352 e. The minimum absolute atomic E-state index is 0.0979. The fraction of sp³-hybridized carbons (Fsp3) is 0.118. The largest absolute Gasteiger partial charge is 0.352 e. The van der Waals surface area contributed by atoms with Crippen LogP contribution in [0.1, 0.15) is 15.9 Å². The zero-order valence-corrected chi connectivity index (χ0v) is 12.7. The highest BCUT2D eigenvalue weighted by molar-refractivity contribution is 7.13. The van der Waals surface area contributed by atoms with E-state index in [1.807, 2.05) is 24.3 Å². The third kappa shape index (κ3) is 3.56. The molecular formula is C17H15N3OS. The number of aromatic nitrogens is 2. The third-order valence-corrected chi connectivity index (χ3v) is 4.05. The van der Waals surface area contributed by atoms with Gasteiger partial charge in [-0.25, -0.2) is 0 Å². The SMILES string of the molecule is O=C(NCCc1ccccc1)c1ccc(-c2cncs2)nc1. The molecular weight excluding hydrogens is 294 g/mol. The molecule has 22 heavy (non-hydrogen) atoms. The Hall–Kier alpha value is -2.53. The second-order valence-corrected chi connectivity index (χ2v) is 5.68. The van der Waals surface area contributed by atoms with Gasteiger partial charge in [0.25, 0.3) is 5.91 Å². The Balaban J connectivity index is 1.56. The number of carbonyl (C=O) groups excluding carboxylic acids is 1. The Morgan fingerprint density at radius 1 is 1.09 bits per heavy atom. The first-order valence-electron chi connectivity index (χ1n) is 7.00. The van der Waals surface area contributed by atoms with E-state index < -0.39 is 0 Å². The van der Waals surface area contributed by atoms with Crippen LogP contribution in [0.5, 0.6) is 0 Å². The summed E-state index contributed by atoms with van der Waals surface area (Å²) in [6.07, 6.45) is 4.19. The van der Waals surface area contributed by atoms with Gasteiger partial charge in [-0.15, -0.1) is 11.3 Å². The summed E-state index contributed by atoms with van der Waals surface area (Å²) >= 11 is 1.53. The number of benzene rings is 1. The van der Waals surface area contributed by atoms with Crippen molar-refractivity contribution in [1.82, 2.24) is 15.3 Å². The Bertz CT molecular complexity index is 724. The molecule has 0 saturated heterocycles. The smallest absolute Gasteiger partial charge is 0.252 e. The number of amides is 1. The second kappa shape index (κ2) is 6.95. The van der Waals surface area contributed by atoms with Crippen LogP contribution in [0.25, 0.3) is 10.6 Å². The molecule has 0 spiro atoms. The molecule has 110 valence electrons. The van der Waals surface area contributed by atoms with Gasteiger partial charge in [-0.3, -0.25) is 14.8 Å². The van der Waals surface area contributed by atoms with Gasteiger partial charge in [0, 0.05) is 18.9 Å². The van der Waals surface area contributed by atoms with E-state index in [9.17, 15) is 4.79 Å². The summed E-state index contributed by atoms with van der Waals surface area (Å²) in [6.45, 7) is 0.611. The highest BCUT2D eigenvalue weighted by Crippen LogP contribution is 2.20.